The van der Waals surface area contributed by atoms with E-state index in [2.05, 4.69) is 5.32 Å². The number of benzene rings is 3. The summed E-state index contributed by atoms with van der Waals surface area (Å²) in [5.74, 6) is 0.406. The third-order valence-corrected chi connectivity index (χ3v) is 7.00. The lowest BCUT2D eigenvalue weighted by atomic mass is 10.1. The van der Waals surface area contributed by atoms with Crippen molar-refractivity contribution in [3.05, 3.63) is 90.5 Å². The largest absolute Gasteiger partial charge is 0.457 e. The van der Waals surface area contributed by atoms with Gasteiger partial charge in [-0.1, -0.05) is 55.5 Å². The van der Waals surface area contributed by atoms with Crippen LogP contribution in [0.15, 0.2) is 84.9 Å². The van der Waals surface area contributed by atoms with Crippen LogP contribution in [0.2, 0.25) is 0 Å². The summed E-state index contributed by atoms with van der Waals surface area (Å²) in [5, 5.41) is 2.95. The molecule has 1 atom stereocenters. The van der Waals surface area contributed by atoms with Crippen molar-refractivity contribution in [3.63, 3.8) is 0 Å². The van der Waals surface area contributed by atoms with Crippen LogP contribution in [0.25, 0.3) is 0 Å². The van der Waals surface area contributed by atoms with Gasteiger partial charge in [0.1, 0.15) is 24.1 Å². The van der Waals surface area contributed by atoms with Gasteiger partial charge < -0.3 is 15.0 Å². The predicted octanol–water partition coefficient (Wildman–Crippen LogP) is 4.97. The van der Waals surface area contributed by atoms with E-state index in [1.165, 1.54) is 4.90 Å². The summed E-state index contributed by atoms with van der Waals surface area (Å²) in [6, 6.07) is 24.3. The lowest BCUT2D eigenvalue weighted by Crippen LogP contribution is -2.55. The Bertz CT molecular complexity index is 1340. The number of nitrogens with zero attached hydrogens (tertiary/aromatic N) is 2. The monoisotopic (exact) mass is 551 g/mol. The number of rotatable bonds is 11. The quantitative estimate of drug-likeness (QED) is 0.363. The lowest BCUT2D eigenvalue weighted by Gasteiger charge is -2.34. The van der Waals surface area contributed by atoms with E-state index in [-0.39, 0.29) is 12.5 Å². The van der Waals surface area contributed by atoms with Crippen LogP contribution >= 0.6 is 0 Å². The van der Waals surface area contributed by atoms with Gasteiger partial charge in [0.15, 0.2) is 0 Å². The molecule has 0 aliphatic rings. The van der Waals surface area contributed by atoms with Crippen molar-refractivity contribution < 1.29 is 22.7 Å². The number of ether oxygens (including phenoxy) is 1. The molecule has 0 aromatic heterocycles. The highest BCUT2D eigenvalue weighted by Gasteiger charge is 2.33. The number of nitrogens with one attached hydrogen (secondary N) is 1. The van der Waals surface area contributed by atoms with Crippen LogP contribution in [-0.2, 0) is 26.2 Å². The number of sulfonamides is 1. The van der Waals surface area contributed by atoms with Crippen LogP contribution in [0.4, 0.5) is 5.69 Å². The predicted molar refractivity (Wildman–Crippen MR) is 154 cm³/mol. The molecule has 2 amide bonds. The standard InChI is InChI=1S/C30H37N3O5S/c1-6-27(29(35)31-30(2,3)4)32(21-23-13-9-7-10-14-23)28(34)22-33(39(5,36)37)24-17-19-26(20-18-24)38-25-15-11-8-12-16-25/h7-20,27H,6,21-22H2,1-5H3,(H,31,35). The van der Waals surface area contributed by atoms with Gasteiger partial charge in [-0.3, -0.25) is 13.9 Å². The van der Waals surface area contributed by atoms with Gasteiger partial charge >= 0.3 is 0 Å². The van der Waals surface area contributed by atoms with Crippen LogP contribution < -0.4 is 14.4 Å². The molecule has 0 spiro atoms. The van der Waals surface area contributed by atoms with Crippen molar-refractivity contribution in [1.29, 1.82) is 0 Å². The van der Waals surface area contributed by atoms with Gasteiger partial charge in [-0.25, -0.2) is 8.42 Å². The number of amides is 2. The topological polar surface area (TPSA) is 96.0 Å². The third kappa shape index (κ3) is 8.85. The first-order valence-corrected chi connectivity index (χ1v) is 14.7. The molecule has 3 aromatic carbocycles. The van der Waals surface area contributed by atoms with E-state index in [4.69, 9.17) is 4.74 Å². The second-order valence-electron chi connectivity index (χ2n) is 10.3. The highest BCUT2D eigenvalue weighted by Crippen LogP contribution is 2.26. The molecule has 208 valence electrons. The fraction of sp³-hybridized carbons (Fsp3) is 0.333. The highest BCUT2D eigenvalue weighted by molar-refractivity contribution is 7.92. The summed E-state index contributed by atoms with van der Waals surface area (Å²) in [7, 11) is -3.83. The molecule has 1 unspecified atom stereocenters. The summed E-state index contributed by atoms with van der Waals surface area (Å²) in [6.07, 6.45) is 1.42. The molecular weight excluding hydrogens is 514 g/mol. The molecule has 0 aliphatic heterocycles. The van der Waals surface area contributed by atoms with E-state index in [1.54, 1.807) is 24.3 Å². The van der Waals surface area contributed by atoms with Crippen molar-refractivity contribution in [2.45, 2.75) is 52.2 Å². The average Bonchev–Trinajstić information content (AvgIpc) is 2.87. The molecule has 0 heterocycles. The van der Waals surface area contributed by atoms with Gasteiger partial charge in [-0.2, -0.15) is 0 Å². The third-order valence-electron chi connectivity index (χ3n) is 5.86. The van der Waals surface area contributed by atoms with Gasteiger partial charge in [-0.05, 0) is 69.2 Å². The molecule has 1 N–H and O–H groups in total. The second-order valence-corrected chi connectivity index (χ2v) is 12.3. The maximum atomic E-state index is 13.8. The van der Waals surface area contributed by atoms with E-state index in [1.807, 2.05) is 88.4 Å². The van der Waals surface area contributed by atoms with E-state index in [9.17, 15) is 18.0 Å². The van der Waals surface area contributed by atoms with Crippen LogP contribution in [0, 0.1) is 0 Å². The van der Waals surface area contributed by atoms with E-state index >= 15 is 0 Å². The minimum atomic E-state index is -3.83. The summed E-state index contributed by atoms with van der Waals surface area (Å²) in [6.45, 7) is 7.16. The Morgan fingerprint density at radius 3 is 1.92 bits per heavy atom. The molecule has 8 nitrogen and oxygen atoms in total. The zero-order chi connectivity index (χ0) is 28.6. The van der Waals surface area contributed by atoms with Crippen molar-refractivity contribution in [3.8, 4) is 11.5 Å². The Hall–Kier alpha value is -3.85. The fourth-order valence-corrected chi connectivity index (χ4v) is 4.92. The Morgan fingerprint density at radius 2 is 1.41 bits per heavy atom. The Labute approximate surface area is 231 Å². The van der Waals surface area contributed by atoms with E-state index in [0.717, 1.165) is 16.1 Å². The lowest BCUT2D eigenvalue weighted by molar-refractivity contribution is -0.141. The molecule has 9 heteroatoms. The molecule has 3 aromatic rings. The van der Waals surface area contributed by atoms with Gasteiger partial charge in [0.2, 0.25) is 21.8 Å². The minimum absolute atomic E-state index is 0.164. The Balaban J connectivity index is 1.89. The number of hydrogen-bond acceptors (Lipinski definition) is 5. The highest BCUT2D eigenvalue weighted by atomic mass is 32.2. The van der Waals surface area contributed by atoms with Gasteiger partial charge in [-0.15, -0.1) is 0 Å². The van der Waals surface area contributed by atoms with E-state index in [0.29, 0.717) is 23.6 Å². The maximum Gasteiger partial charge on any atom is 0.244 e. The molecule has 0 saturated carbocycles. The van der Waals surface area contributed by atoms with Gasteiger partial charge in [0, 0.05) is 12.1 Å². The first-order chi connectivity index (χ1) is 18.4. The smallest absolute Gasteiger partial charge is 0.244 e. The molecule has 0 bridgehead atoms. The Morgan fingerprint density at radius 1 is 0.872 bits per heavy atom. The minimum Gasteiger partial charge on any atom is -0.457 e. The van der Waals surface area contributed by atoms with Crippen LogP contribution in [0.3, 0.4) is 0 Å². The Kier molecular flexibility index (Phi) is 9.75. The van der Waals surface area contributed by atoms with Crippen molar-refractivity contribution in [1.82, 2.24) is 10.2 Å². The van der Waals surface area contributed by atoms with Crippen LogP contribution in [-0.4, -0.2) is 49.5 Å². The van der Waals surface area contributed by atoms with Crippen LogP contribution in [0.1, 0.15) is 39.7 Å². The van der Waals surface area contributed by atoms with Gasteiger partial charge in [0.25, 0.3) is 0 Å². The number of para-hydroxylation sites is 1. The van der Waals surface area contributed by atoms with Crippen LogP contribution in [0.5, 0.6) is 11.5 Å². The molecular formula is C30H37N3O5S. The summed E-state index contributed by atoms with van der Waals surface area (Å²) < 4.78 is 32.5. The average molecular weight is 552 g/mol. The zero-order valence-corrected chi connectivity index (χ0v) is 23.9. The van der Waals surface area contributed by atoms with Crippen molar-refractivity contribution in [2.24, 2.45) is 0 Å². The summed E-state index contributed by atoms with van der Waals surface area (Å²) in [5.41, 5.74) is 0.660. The first-order valence-electron chi connectivity index (χ1n) is 12.8. The molecule has 39 heavy (non-hydrogen) atoms. The molecule has 0 fully saturated rings. The first kappa shape index (κ1) is 29.7. The molecule has 0 saturated heterocycles. The fourth-order valence-electron chi connectivity index (χ4n) is 4.07. The zero-order valence-electron chi connectivity index (χ0n) is 23.1. The van der Waals surface area contributed by atoms with Crippen molar-refractivity contribution in [2.75, 3.05) is 17.1 Å². The number of hydrogen-bond donors (Lipinski definition) is 1. The maximum absolute atomic E-state index is 13.8. The normalized spacial score (nSPS) is 12.3. The molecule has 0 aliphatic carbocycles. The molecule has 3 rings (SSSR count). The number of carbonyl (C=O) groups excluding carboxylic acids is 2. The number of anilines is 1. The molecule has 0 radical (unpaired) electrons. The summed E-state index contributed by atoms with van der Waals surface area (Å²) in [4.78, 5) is 28.4. The van der Waals surface area contributed by atoms with Gasteiger partial charge in [0.05, 0.1) is 11.9 Å². The number of carbonyl (C=O) groups is 2. The van der Waals surface area contributed by atoms with E-state index < -0.39 is 34.1 Å². The van der Waals surface area contributed by atoms with Crippen molar-refractivity contribution >= 4 is 27.5 Å². The SMILES string of the molecule is CCC(C(=O)NC(C)(C)C)N(Cc1ccccc1)C(=O)CN(c1ccc(Oc2ccccc2)cc1)S(C)(=O)=O. The summed E-state index contributed by atoms with van der Waals surface area (Å²) >= 11 is 0. The second kappa shape index (κ2) is 12.8.